The maximum atomic E-state index is 13.4. The molecule has 0 unspecified atom stereocenters. The number of ether oxygens (including phenoxy) is 1. The van der Waals surface area contributed by atoms with Gasteiger partial charge in [-0.15, -0.1) is 0 Å². The topological polar surface area (TPSA) is 41.5 Å². The van der Waals surface area contributed by atoms with Crippen molar-refractivity contribution in [3.63, 3.8) is 0 Å². The average Bonchev–Trinajstić information content (AvgIpc) is 2.69. The molecule has 0 heterocycles. The lowest BCUT2D eigenvalue weighted by atomic mass is 10.0. The quantitative estimate of drug-likeness (QED) is 0.594. The standard InChI is InChI=1S/C23H26FNO2/c1-27-12-11-22(14-17-5-4-8-21(24)13-17)25-16-23(26)20-10-9-18-6-2-3-7-19(18)15-20/h2-10,13,15,22-23,25-26H,11-12,14,16H2,1H3/t22-,23+/m0/s1. The largest absolute Gasteiger partial charge is 0.387 e. The summed E-state index contributed by atoms with van der Waals surface area (Å²) in [5.41, 5.74) is 1.82. The van der Waals surface area contributed by atoms with Gasteiger partial charge < -0.3 is 15.2 Å². The second-order valence-corrected chi connectivity index (χ2v) is 6.84. The lowest BCUT2D eigenvalue weighted by Gasteiger charge is -2.21. The molecule has 3 nitrogen and oxygen atoms in total. The molecule has 3 aromatic rings. The van der Waals surface area contributed by atoms with Crippen molar-refractivity contribution in [2.24, 2.45) is 0 Å². The van der Waals surface area contributed by atoms with Gasteiger partial charge in [-0.3, -0.25) is 0 Å². The third-order valence-corrected chi connectivity index (χ3v) is 4.80. The van der Waals surface area contributed by atoms with Crippen molar-refractivity contribution in [1.29, 1.82) is 0 Å². The number of halogens is 1. The molecule has 0 aromatic heterocycles. The van der Waals surface area contributed by atoms with E-state index in [-0.39, 0.29) is 11.9 Å². The number of aliphatic hydroxyl groups is 1. The van der Waals surface area contributed by atoms with Crippen LogP contribution in [0.15, 0.2) is 66.7 Å². The van der Waals surface area contributed by atoms with Gasteiger partial charge in [-0.2, -0.15) is 0 Å². The minimum absolute atomic E-state index is 0.0989. The van der Waals surface area contributed by atoms with E-state index in [1.54, 1.807) is 19.2 Å². The minimum Gasteiger partial charge on any atom is -0.387 e. The molecule has 0 bridgehead atoms. The third-order valence-electron chi connectivity index (χ3n) is 4.80. The van der Waals surface area contributed by atoms with Crippen LogP contribution in [0.2, 0.25) is 0 Å². The van der Waals surface area contributed by atoms with E-state index in [0.717, 1.165) is 28.3 Å². The zero-order valence-corrected chi connectivity index (χ0v) is 15.6. The van der Waals surface area contributed by atoms with Crippen molar-refractivity contribution in [2.75, 3.05) is 20.3 Å². The normalized spacial score (nSPS) is 13.6. The Balaban J connectivity index is 1.64. The monoisotopic (exact) mass is 367 g/mol. The van der Waals surface area contributed by atoms with E-state index in [1.165, 1.54) is 6.07 Å². The number of aliphatic hydroxyl groups excluding tert-OH is 1. The molecule has 0 aliphatic carbocycles. The van der Waals surface area contributed by atoms with Gasteiger partial charge in [-0.05, 0) is 52.9 Å². The molecule has 4 heteroatoms. The molecular formula is C23H26FNO2. The van der Waals surface area contributed by atoms with Crippen LogP contribution in [0.3, 0.4) is 0 Å². The molecular weight excluding hydrogens is 341 g/mol. The average molecular weight is 367 g/mol. The van der Waals surface area contributed by atoms with E-state index < -0.39 is 6.10 Å². The smallest absolute Gasteiger partial charge is 0.123 e. The van der Waals surface area contributed by atoms with Crippen LogP contribution in [-0.4, -0.2) is 31.4 Å². The summed E-state index contributed by atoms with van der Waals surface area (Å²) in [6.45, 7) is 1.04. The van der Waals surface area contributed by atoms with E-state index in [4.69, 9.17) is 4.74 Å². The van der Waals surface area contributed by atoms with Crippen molar-refractivity contribution in [1.82, 2.24) is 5.32 Å². The second-order valence-electron chi connectivity index (χ2n) is 6.84. The first kappa shape index (κ1) is 19.5. The Bertz CT molecular complexity index is 868. The molecule has 3 aromatic carbocycles. The lowest BCUT2D eigenvalue weighted by molar-refractivity contribution is 0.156. The lowest BCUT2D eigenvalue weighted by Crippen LogP contribution is -2.35. The molecule has 0 spiro atoms. The fourth-order valence-electron chi connectivity index (χ4n) is 3.30. The maximum absolute atomic E-state index is 13.4. The molecule has 0 amide bonds. The molecule has 0 aliphatic rings. The number of rotatable bonds is 9. The van der Waals surface area contributed by atoms with Crippen molar-refractivity contribution in [3.05, 3.63) is 83.7 Å². The summed E-state index contributed by atoms with van der Waals surface area (Å²) in [4.78, 5) is 0. The molecule has 0 saturated heterocycles. The van der Waals surface area contributed by atoms with Crippen molar-refractivity contribution in [2.45, 2.75) is 25.0 Å². The van der Waals surface area contributed by atoms with Crippen LogP contribution >= 0.6 is 0 Å². The summed E-state index contributed by atoms with van der Waals surface area (Å²) in [6, 6.07) is 20.9. The molecule has 0 fully saturated rings. The summed E-state index contributed by atoms with van der Waals surface area (Å²) < 4.78 is 18.6. The van der Waals surface area contributed by atoms with Crippen LogP contribution in [0.25, 0.3) is 10.8 Å². The third kappa shape index (κ3) is 5.60. The van der Waals surface area contributed by atoms with Crippen LogP contribution in [-0.2, 0) is 11.2 Å². The number of hydrogen-bond acceptors (Lipinski definition) is 3. The molecule has 0 radical (unpaired) electrons. The number of benzene rings is 3. The van der Waals surface area contributed by atoms with Gasteiger partial charge >= 0.3 is 0 Å². The van der Waals surface area contributed by atoms with Crippen molar-refractivity contribution in [3.8, 4) is 0 Å². The molecule has 0 aliphatic heterocycles. The summed E-state index contributed by atoms with van der Waals surface area (Å²) >= 11 is 0. The highest BCUT2D eigenvalue weighted by atomic mass is 19.1. The van der Waals surface area contributed by atoms with Crippen LogP contribution in [0.5, 0.6) is 0 Å². The maximum Gasteiger partial charge on any atom is 0.123 e. The van der Waals surface area contributed by atoms with E-state index in [0.29, 0.717) is 19.6 Å². The molecule has 2 atom stereocenters. The highest BCUT2D eigenvalue weighted by Gasteiger charge is 2.14. The predicted octanol–water partition coefficient (Wildman–Crippen LogP) is 4.25. The molecule has 27 heavy (non-hydrogen) atoms. The number of fused-ring (bicyclic) bond motifs is 1. The second kappa shape index (κ2) is 9.60. The fourth-order valence-corrected chi connectivity index (χ4v) is 3.30. The molecule has 3 rings (SSSR count). The Hall–Kier alpha value is -2.27. The van der Waals surface area contributed by atoms with Crippen LogP contribution < -0.4 is 5.32 Å². The van der Waals surface area contributed by atoms with Gasteiger partial charge in [0.1, 0.15) is 5.82 Å². The van der Waals surface area contributed by atoms with Crippen LogP contribution in [0.1, 0.15) is 23.7 Å². The van der Waals surface area contributed by atoms with Gasteiger partial charge in [0.25, 0.3) is 0 Å². The van der Waals surface area contributed by atoms with Crippen LogP contribution in [0.4, 0.5) is 4.39 Å². The predicted molar refractivity (Wildman–Crippen MR) is 107 cm³/mol. The molecule has 142 valence electrons. The van der Waals surface area contributed by atoms with Crippen molar-refractivity contribution < 1.29 is 14.2 Å². The first-order chi connectivity index (χ1) is 13.2. The Labute approximate surface area is 159 Å². The van der Waals surface area contributed by atoms with E-state index in [9.17, 15) is 9.50 Å². The van der Waals surface area contributed by atoms with Gasteiger partial charge in [-0.25, -0.2) is 4.39 Å². The molecule has 2 N–H and O–H groups in total. The zero-order valence-electron chi connectivity index (χ0n) is 15.6. The highest BCUT2D eigenvalue weighted by Crippen LogP contribution is 2.20. The Morgan fingerprint density at radius 1 is 1.00 bits per heavy atom. The van der Waals surface area contributed by atoms with Gasteiger partial charge in [0.15, 0.2) is 0 Å². The van der Waals surface area contributed by atoms with Gasteiger partial charge in [0.05, 0.1) is 6.10 Å². The number of hydrogen-bond donors (Lipinski definition) is 2. The first-order valence-electron chi connectivity index (χ1n) is 9.29. The Morgan fingerprint density at radius 2 is 1.81 bits per heavy atom. The molecule has 0 saturated carbocycles. The van der Waals surface area contributed by atoms with Gasteiger partial charge in [-0.1, -0.05) is 48.5 Å². The SMILES string of the molecule is COCC[C@@H](Cc1cccc(F)c1)NC[C@@H](O)c1ccc2ccccc2c1. The summed E-state index contributed by atoms with van der Waals surface area (Å²) in [5, 5.41) is 16.3. The summed E-state index contributed by atoms with van der Waals surface area (Å²) in [6.07, 6.45) is 0.871. The fraction of sp³-hybridized carbons (Fsp3) is 0.304. The summed E-state index contributed by atoms with van der Waals surface area (Å²) in [7, 11) is 1.67. The van der Waals surface area contributed by atoms with Gasteiger partial charge in [0, 0.05) is 26.3 Å². The van der Waals surface area contributed by atoms with E-state index in [2.05, 4.69) is 11.4 Å². The Kier molecular flexibility index (Phi) is 6.93. The highest BCUT2D eigenvalue weighted by molar-refractivity contribution is 5.83. The van der Waals surface area contributed by atoms with E-state index in [1.807, 2.05) is 42.5 Å². The first-order valence-corrected chi connectivity index (χ1v) is 9.29. The van der Waals surface area contributed by atoms with Crippen molar-refractivity contribution >= 4 is 10.8 Å². The summed E-state index contributed by atoms with van der Waals surface area (Å²) in [5.74, 6) is -0.228. The van der Waals surface area contributed by atoms with E-state index >= 15 is 0 Å². The van der Waals surface area contributed by atoms with Gasteiger partial charge in [0.2, 0.25) is 0 Å². The number of nitrogens with one attached hydrogen (secondary N) is 1. The van der Waals surface area contributed by atoms with Crippen LogP contribution in [0, 0.1) is 5.82 Å². The zero-order chi connectivity index (χ0) is 19.1. The minimum atomic E-state index is -0.604. The Morgan fingerprint density at radius 3 is 2.59 bits per heavy atom. The number of methoxy groups -OCH3 is 1.